The molecule has 1 fully saturated rings. The maximum atomic E-state index is 11.8. The predicted molar refractivity (Wildman–Crippen MR) is 120 cm³/mol. The van der Waals surface area contributed by atoms with Gasteiger partial charge in [0, 0.05) is 61.8 Å². The zero-order chi connectivity index (χ0) is 22.0. The number of hydrogen-bond acceptors (Lipinski definition) is 6. The van der Waals surface area contributed by atoms with Crippen LogP contribution in [0.4, 0.5) is 5.95 Å². The number of ether oxygens (including phenoxy) is 1. The van der Waals surface area contributed by atoms with Crippen molar-refractivity contribution < 1.29 is 9.53 Å². The monoisotopic (exact) mass is 422 g/mol. The van der Waals surface area contributed by atoms with Crippen molar-refractivity contribution in [2.24, 2.45) is 5.73 Å². The molecule has 0 spiro atoms. The third-order valence-electron chi connectivity index (χ3n) is 5.79. The minimum absolute atomic E-state index is 0.205. The number of amides is 1. The second kappa shape index (κ2) is 9.01. The van der Waals surface area contributed by atoms with Gasteiger partial charge in [-0.2, -0.15) is 0 Å². The molecule has 0 bridgehead atoms. The fourth-order valence-electron chi connectivity index (χ4n) is 4.19. The van der Waals surface area contributed by atoms with Crippen LogP contribution in [-0.2, 0) is 11.2 Å². The molecule has 4 heterocycles. The summed E-state index contributed by atoms with van der Waals surface area (Å²) in [6.07, 6.45) is 8.29. The van der Waals surface area contributed by atoms with Crippen LogP contribution in [0, 0.1) is 0 Å². The van der Waals surface area contributed by atoms with Crippen LogP contribution < -0.4 is 10.6 Å². The van der Waals surface area contributed by atoms with Gasteiger partial charge in [0.05, 0.1) is 22.9 Å². The number of carbonyl (C=O) groups excluding carboxylic acids is 1. The van der Waals surface area contributed by atoms with E-state index in [1.54, 1.807) is 6.20 Å². The predicted octanol–water partition coefficient (Wildman–Crippen LogP) is 3.10. The molecule has 8 heteroatoms. The summed E-state index contributed by atoms with van der Waals surface area (Å²) in [7, 11) is 0. The topological polar surface area (TPSA) is 99.2 Å². The van der Waals surface area contributed by atoms with Gasteiger partial charge < -0.3 is 19.9 Å². The number of nitrogens with two attached hydrogens (primary N) is 1. The fraction of sp³-hybridized carbons (Fsp3) is 0.478. The number of piperidine rings is 1. The number of anilines is 1. The van der Waals surface area contributed by atoms with Gasteiger partial charge in [-0.25, -0.2) is 9.97 Å². The highest BCUT2D eigenvalue weighted by Gasteiger charge is 2.21. The number of primary amides is 1. The lowest BCUT2D eigenvalue weighted by molar-refractivity contribution is 0.0457. The van der Waals surface area contributed by atoms with Crippen LogP contribution in [0.3, 0.4) is 0 Å². The van der Waals surface area contributed by atoms with Gasteiger partial charge in [0.15, 0.2) is 0 Å². The molecule has 3 aromatic rings. The van der Waals surface area contributed by atoms with Crippen molar-refractivity contribution in [3.8, 4) is 0 Å². The number of rotatable bonds is 7. The van der Waals surface area contributed by atoms with Crippen molar-refractivity contribution >= 4 is 22.8 Å². The first-order valence-corrected chi connectivity index (χ1v) is 10.9. The Hall–Kier alpha value is -3.00. The lowest BCUT2D eigenvalue weighted by Crippen LogP contribution is -2.38. The maximum absolute atomic E-state index is 11.8. The Balaban J connectivity index is 1.55. The van der Waals surface area contributed by atoms with E-state index in [-0.39, 0.29) is 6.04 Å². The molecule has 0 aliphatic carbocycles. The van der Waals surface area contributed by atoms with Gasteiger partial charge in [-0.05, 0) is 45.7 Å². The van der Waals surface area contributed by atoms with Crippen LogP contribution in [0.15, 0.2) is 30.7 Å². The van der Waals surface area contributed by atoms with E-state index in [1.807, 2.05) is 31.5 Å². The Morgan fingerprint density at radius 2 is 2.03 bits per heavy atom. The zero-order valence-corrected chi connectivity index (χ0v) is 18.4. The number of fused-ring (bicyclic) bond motifs is 1. The maximum Gasteiger partial charge on any atom is 0.250 e. The molecule has 0 unspecified atom stereocenters. The normalized spacial score (nSPS) is 15.2. The lowest BCUT2D eigenvalue weighted by atomic mass is 10.1. The average molecular weight is 423 g/mol. The van der Waals surface area contributed by atoms with E-state index in [4.69, 9.17) is 15.5 Å². The van der Waals surface area contributed by atoms with E-state index in [9.17, 15) is 4.79 Å². The summed E-state index contributed by atoms with van der Waals surface area (Å²) in [4.78, 5) is 27.9. The molecule has 0 aromatic carbocycles. The second-order valence-corrected chi connectivity index (χ2v) is 8.27. The molecule has 1 saturated heterocycles. The fourth-order valence-corrected chi connectivity index (χ4v) is 4.19. The molecule has 164 valence electrons. The zero-order valence-electron chi connectivity index (χ0n) is 18.4. The van der Waals surface area contributed by atoms with Crippen LogP contribution in [0.2, 0.25) is 0 Å². The molecule has 0 radical (unpaired) electrons. The number of pyridine rings is 1. The van der Waals surface area contributed by atoms with Crippen LogP contribution in [-0.4, -0.2) is 51.2 Å². The summed E-state index contributed by atoms with van der Waals surface area (Å²) in [6, 6.07) is 4.16. The molecule has 8 nitrogen and oxygen atoms in total. The number of nitrogens with zero attached hydrogens (tertiary/aromatic N) is 5. The first kappa shape index (κ1) is 21.2. The average Bonchev–Trinajstić information content (AvgIpc) is 3.14. The third-order valence-corrected chi connectivity index (χ3v) is 5.79. The molecule has 2 N–H and O–H groups in total. The quantitative estimate of drug-likeness (QED) is 0.628. The van der Waals surface area contributed by atoms with Crippen molar-refractivity contribution in [2.45, 2.75) is 52.2 Å². The molecule has 3 aromatic heterocycles. The van der Waals surface area contributed by atoms with E-state index in [2.05, 4.69) is 33.3 Å². The molecule has 1 amide bonds. The van der Waals surface area contributed by atoms with Gasteiger partial charge in [0.1, 0.15) is 0 Å². The van der Waals surface area contributed by atoms with Crippen molar-refractivity contribution in [1.29, 1.82) is 0 Å². The Kier molecular flexibility index (Phi) is 6.18. The first-order chi connectivity index (χ1) is 15.0. The van der Waals surface area contributed by atoms with Gasteiger partial charge in [-0.15, -0.1) is 0 Å². The van der Waals surface area contributed by atoms with Crippen LogP contribution in [0.25, 0.3) is 10.9 Å². The second-order valence-electron chi connectivity index (χ2n) is 8.27. The largest absolute Gasteiger partial charge is 0.378 e. The summed E-state index contributed by atoms with van der Waals surface area (Å²) in [5, 5.41) is 0.783. The third kappa shape index (κ3) is 4.54. The van der Waals surface area contributed by atoms with Gasteiger partial charge >= 0.3 is 0 Å². The molecule has 0 saturated carbocycles. The number of aromatic nitrogens is 4. The van der Waals surface area contributed by atoms with E-state index in [0.717, 1.165) is 60.8 Å². The number of carbonyl (C=O) groups is 1. The lowest BCUT2D eigenvalue weighted by Gasteiger charge is -2.31. The molecule has 4 rings (SSSR count). The smallest absolute Gasteiger partial charge is 0.250 e. The summed E-state index contributed by atoms with van der Waals surface area (Å²) < 4.78 is 7.81. The van der Waals surface area contributed by atoms with Gasteiger partial charge in [-0.1, -0.05) is 0 Å². The number of hydrogen-bond donors (Lipinski definition) is 1. The Bertz CT molecular complexity index is 1070. The molecule has 0 atom stereocenters. The van der Waals surface area contributed by atoms with Crippen LogP contribution >= 0.6 is 0 Å². The molecular formula is C23H30N6O2. The van der Waals surface area contributed by atoms with Gasteiger partial charge in [0.25, 0.3) is 5.91 Å². The molecule has 1 aliphatic heterocycles. The van der Waals surface area contributed by atoms with Crippen molar-refractivity contribution in [1.82, 2.24) is 19.5 Å². The molecule has 31 heavy (non-hydrogen) atoms. The van der Waals surface area contributed by atoms with Gasteiger partial charge in [0.2, 0.25) is 5.95 Å². The van der Waals surface area contributed by atoms with E-state index < -0.39 is 5.91 Å². The Labute approximate surface area is 182 Å². The summed E-state index contributed by atoms with van der Waals surface area (Å²) >= 11 is 0. The van der Waals surface area contributed by atoms with E-state index in [1.165, 1.54) is 0 Å². The minimum Gasteiger partial charge on any atom is -0.378 e. The van der Waals surface area contributed by atoms with Gasteiger partial charge in [-0.3, -0.25) is 9.78 Å². The van der Waals surface area contributed by atoms with Crippen molar-refractivity contribution in [3.05, 3.63) is 47.7 Å². The Morgan fingerprint density at radius 3 is 2.71 bits per heavy atom. The summed E-state index contributed by atoms with van der Waals surface area (Å²) in [5.41, 5.74) is 8.83. The molecule has 1 aliphatic rings. The molecular weight excluding hydrogens is 392 g/mol. The van der Waals surface area contributed by atoms with Crippen molar-refractivity contribution in [3.63, 3.8) is 0 Å². The van der Waals surface area contributed by atoms with E-state index >= 15 is 0 Å². The van der Waals surface area contributed by atoms with E-state index in [0.29, 0.717) is 18.1 Å². The Morgan fingerprint density at radius 1 is 1.26 bits per heavy atom. The summed E-state index contributed by atoms with van der Waals surface area (Å²) in [6.45, 7) is 8.75. The highest BCUT2D eigenvalue weighted by molar-refractivity contribution is 6.06. The van der Waals surface area contributed by atoms with Crippen molar-refractivity contribution in [2.75, 3.05) is 24.6 Å². The SMILES string of the molecule is CCOC1CCN(c2nccc(Cc3cc4c(cn3)c(C(N)=O)cn4C(C)C)n2)CC1. The highest BCUT2D eigenvalue weighted by Crippen LogP contribution is 2.25. The van der Waals surface area contributed by atoms with Crippen LogP contribution in [0.5, 0.6) is 0 Å². The summed E-state index contributed by atoms with van der Waals surface area (Å²) in [5.74, 6) is 0.322. The highest BCUT2D eigenvalue weighted by atomic mass is 16.5. The van der Waals surface area contributed by atoms with Crippen LogP contribution in [0.1, 0.15) is 61.4 Å². The standard InChI is InChI=1S/C23H30N6O2/c1-4-31-18-6-9-28(10-7-18)23-25-8-5-16(27-23)11-17-12-21-19(13-26-17)20(22(24)30)14-29(21)15(2)3/h5,8,12-15,18H,4,6-7,9-11H2,1-3H3,(H2,24,30). The minimum atomic E-state index is -0.438. The first-order valence-electron chi connectivity index (χ1n) is 10.9.